The maximum absolute atomic E-state index is 12.7. The lowest BCUT2D eigenvalue weighted by molar-refractivity contribution is 0.214. The Labute approximate surface area is 59.6 Å². The molecule has 0 radical (unpaired) electrons. The molecule has 0 aromatic carbocycles. The summed E-state index contributed by atoms with van der Waals surface area (Å²) in [6.07, 6.45) is -0.267. The van der Waals surface area contributed by atoms with Crippen LogP contribution >= 0.6 is 11.6 Å². The van der Waals surface area contributed by atoms with Crippen molar-refractivity contribution in [3.05, 3.63) is 0 Å². The first-order valence-corrected chi connectivity index (χ1v) is 3.65. The van der Waals surface area contributed by atoms with Gasteiger partial charge in [0.15, 0.2) is 0 Å². The van der Waals surface area contributed by atoms with Crippen LogP contribution in [0, 0.1) is 0 Å². The molecule has 0 aromatic heterocycles. The Balaban J connectivity index is 2.35. The second-order valence-corrected chi connectivity index (χ2v) is 3.16. The van der Waals surface area contributed by atoms with Gasteiger partial charge in [-0.15, -0.1) is 11.6 Å². The van der Waals surface area contributed by atoms with E-state index in [0.29, 0.717) is 6.42 Å². The van der Waals surface area contributed by atoms with Gasteiger partial charge in [-0.2, -0.15) is 0 Å². The van der Waals surface area contributed by atoms with Gasteiger partial charge in [-0.05, 0) is 13.3 Å². The van der Waals surface area contributed by atoms with Crippen molar-refractivity contribution in [3.63, 3.8) is 0 Å². The molecule has 3 atom stereocenters. The van der Waals surface area contributed by atoms with Gasteiger partial charge in [-0.3, -0.25) is 0 Å². The zero-order valence-electron chi connectivity index (χ0n) is 5.40. The molecule has 1 fully saturated rings. The molecule has 0 amide bonds. The van der Waals surface area contributed by atoms with Gasteiger partial charge >= 0.3 is 0 Å². The summed E-state index contributed by atoms with van der Waals surface area (Å²) in [6, 6.07) is -0.0139. The van der Waals surface area contributed by atoms with Gasteiger partial charge < -0.3 is 5.32 Å². The fraction of sp³-hybridized carbons (Fsp3) is 1.00. The van der Waals surface area contributed by atoms with E-state index in [9.17, 15) is 4.39 Å². The van der Waals surface area contributed by atoms with Gasteiger partial charge in [0.05, 0.1) is 0 Å². The second-order valence-electron chi connectivity index (χ2n) is 2.55. The molecule has 0 saturated carbocycles. The molecule has 54 valence electrons. The Morgan fingerprint density at radius 2 is 2.33 bits per heavy atom. The summed E-state index contributed by atoms with van der Waals surface area (Å²) in [4.78, 5) is 0. The predicted octanol–water partition coefficient (Wildman–Crippen LogP) is 1.31. The minimum Gasteiger partial charge on any atom is -0.310 e. The van der Waals surface area contributed by atoms with E-state index >= 15 is 0 Å². The minimum absolute atomic E-state index is 0.0139. The summed E-state index contributed by atoms with van der Waals surface area (Å²) in [5, 5.41) is 2.96. The minimum atomic E-state index is -0.763. The van der Waals surface area contributed by atoms with Crippen molar-refractivity contribution < 1.29 is 4.39 Å². The van der Waals surface area contributed by atoms with Crippen LogP contribution in [0.3, 0.4) is 0 Å². The van der Waals surface area contributed by atoms with E-state index in [1.54, 1.807) is 0 Å². The van der Waals surface area contributed by atoms with E-state index in [1.165, 1.54) is 0 Å². The largest absolute Gasteiger partial charge is 0.310 e. The van der Waals surface area contributed by atoms with E-state index in [4.69, 9.17) is 11.6 Å². The number of hydrogen-bond donors (Lipinski definition) is 1. The van der Waals surface area contributed by atoms with Crippen LogP contribution in [0.2, 0.25) is 0 Å². The highest BCUT2D eigenvalue weighted by Crippen LogP contribution is 2.16. The zero-order valence-corrected chi connectivity index (χ0v) is 6.16. The van der Waals surface area contributed by atoms with Crippen LogP contribution in [0.1, 0.15) is 13.3 Å². The van der Waals surface area contributed by atoms with Crippen LogP contribution in [0.5, 0.6) is 0 Å². The van der Waals surface area contributed by atoms with Gasteiger partial charge in [0.2, 0.25) is 0 Å². The molecule has 1 aliphatic heterocycles. The zero-order chi connectivity index (χ0) is 6.85. The fourth-order valence-corrected chi connectivity index (χ4v) is 1.23. The molecule has 0 bridgehead atoms. The molecule has 1 saturated heterocycles. The topological polar surface area (TPSA) is 12.0 Å². The maximum atomic E-state index is 12.7. The van der Waals surface area contributed by atoms with Crippen LogP contribution in [-0.4, -0.2) is 24.1 Å². The number of hydrogen-bond acceptors (Lipinski definition) is 1. The Hall–Kier alpha value is 0.180. The van der Waals surface area contributed by atoms with Crippen molar-refractivity contribution in [2.24, 2.45) is 0 Å². The smallest absolute Gasteiger partial charge is 0.117 e. The quantitative estimate of drug-likeness (QED) is 0.515. The molecule has 1 aliphatic rings. The Morgan fingerprint density at radius 3 is 2.78 bits per heavy atom. The number of halogens is 2. The Kier molecular flexibility index (Phi) is 2.30. The van der Waals surface area contributed by atoms with Gasteiger partial charge in [0.1, 0.15) is 6.17 Å². The van der Waals surface area contributed by atoms with Crippen LogP contribution in [0.15, 0.2) is 0 Å². The van der Waals surface area contributed by atoms with Gasteiger partial charge in [0.25, 0.3) is 0 Å². The predicted molar refractivity (Wildman–Crippen MR) is 36.6 cm³/mol. The van der Waals surface area contributed by atoms with Crippen molar-refractivity contribution in [2.45, 2.75) is 30.9 Å². The third-order valence-electron chi connectivity index (χ3n) is 1.68. The normalized spacial score (nSPS) is 45.0. The van der Waals surface area contributed by atoms with Gasteiger partial charge in [-0.25, -0.2) is 4.39 Å². The SMILES string of the molecule is CC1NCC(Cl)CC1F. The molecule has 0 aromatic rings. The lowest BCUT2D eigenvalue weighted by Crippen LogP contribution is -2.45. The number of nitrogens with one attached hydrogen (secondary N) is 1. The van der Waals surface area contributed by atoms with Gasteiger partial charge in [0, 0.05) is 18.0 Å². The van der Waals surface area contributed by atoms with Crippen LogP contribution in [-0.2, 0) is 0 Å². The molecule has 1 heterocycles. The third-order valence-corrected chi connectivity index (χ3v) is 2.02. The molecule has 3 unspecified atom stereocenters. The summed E-state index contributed by atoms with van der Waals surface area (Å²) < 4.78 is 12.7. The lowest BCUT2D eigenvalue weighted by atomic mass is 10.0. The van der Waals surface area contributed by atoms with Gasteiger partial charge in [-0.1, -0.05) is 0 Å². The van der Waals surface area contributed by atoms with E-state index in [0.717, 1.165) is 6.54 Å². The first-order chi connectivity index (χ1) is 4.20. The van der Waals surface area contributed by atoms with Crippen molar-refractivity contribution in [1.82, 2.24) is 5.32 Å². The molecule has 9 heavy (non-hydrogen) atoms. The molecular formula is C6H11ClFN. The Morgan fingerprint density at radius 1 is 1.67 bits per heavy atom. The lowest BCUT2D eigenvalue weighted by Gasteiger charge is -2.27. The fourth-order valence-electron chi connectivity index (χ4n) is 0.973. The molecule has 0 aliphatic carbocycles. The molecular weight excluding hydrogens is 141 g/mol. The van der Waals surface area contributed by atoms with Crippen molar-refractivity contribution in [1.29, 1.82) is 0 Å². The highest BCUT2D eigenvalue weighted by Gasteiger charge is 2.25. The summed E-state index contributed by atoms with van der Waals surface area (Å²) in [5.41, 5.74) is 0. The molecule has 0 spiro atoms. The average Bonchev–Trinajstić information content (AvgIpc) is 1.80. The van der Waals surface area contributed by atoms with Crippen molar-refractivity contribution >= 4 is 11.6 Å². The molecule has 3 heteroatoms. The maximum Gasteiger partial charge on any atom is 0.117 e. The Bertz CT molecular complexity index is 99.1. The molecule has 1 nitrogen and oxygen atoms in total. The van der Waals surface area contributed by atoms with Crippen molar-refractivity contribution in [3.8, 4) is 0 Å². The number of rotatable bonds is 0. The summed E-state index contributed by atoms with van der Waals surface area (Å²) >= 11 is 5.67. The van der Waals surface area contributed by atoms with E-state index in [-0.39, 0.29) is 11.4 Å². The first kappa shape index (κ1) is 7.29. The van der Waals surface area contributed by atoms with Crippen LogP contribution in [0.4, 0.5) is 4.39 Å². The monoisotopic (exact) mass is 151 g/mol. The van der Waals surface area contributed by atoms with E-state index in [2.05, 4.69) is 5.32 Å². The highest BCUT2D eigenvalue weighted by atomic mass is 35.5. The van der Waals surface area contributed by atoms with E-state index in [1.807, 2.05) is 6.92 Å². The number of alkyl halides is 2. The number of piperidine rings is 1. The summed E-state index contributed by atoms with van der Waals surface area (Å²) in [5.74, 6) is 0. The van der Waals surface area contributed by atoms with Crippen LogP contribution < -0.4 is 5.32 Å². The third kappa shape index (κ3) is 1.80. The molecule has 1 N–H and O–H groups in total. The summed E-state index contributed by atoms with van der Waals surface area (Å²) in [7, 11) is 0. The van der Waals surface area contributed by atoms with E-state index < -0.39 is 6.17 Å². The highest BCUT2D eigenvalue weighted by molar-refractivity contribution is 6.20. The van der Waals surface area contributed by atoms with Crippen LogP contribution in [0.25, 0.3) is 0 Å². The second kappa shape index (κ2) is 2.84. The first-order valence-electron chi connectivity index (χ1n) is 3.21. The average molecular weight is 152 g/mol. The summed E-state index contributed by atoms with van der Waals surface area (Å²) in [6.45, 7) is 2.58. The van der Waals surface area contributed by atoms with Crippen molar-refractivity contribution in [2.75, 3.05) is 6.54 Å². The molecule has 1 rings (SSSR count). The standard InChI is InChI=1S/C6H11ClFN/c1-4-6(8)2-5(7)3-9-4/h4-6,9H,2-3H2,1H3.